The van der Waals surface area contributed by atoms with E-state index in [1.165, 1.54) is 0 Å². The highest BCUT2D eigenvalue weighted by Gasteiger charge is 2.03. The van der Waals surface area contributed by atoms with E-state index in [4.69, 9.17) is 4.74 Å². The smallest absolute Gasteiger partial charge is 0.223 e. The lowest BCUT2D eigenvalue weighted by molar-refractivity contribution is -0.128. The number of carbonyl (C=O) groups is 1. The molecule has 0 atom stereocenters. The van der Waals surface area contributed by atoms with Crippen molar-refractivity contribution in [3.05, 3.63) is 0 Å². The first-order chi connectivity index (χ1) is 8.11. The second kappa shape index (κ2) is 12.9. The first kappa shape index (κ1) is 19.8. The molecule has 2 N–H and O–H groups in total. The summed E-state index contributed by atoms with van der Waals surface area (Å²) in [6.45, 7) is 2.11. The van der Waals surface area contributed by atoms with Gasteiger partial charge in [0.2, 0.25) is 5.91 Å². The summed E-state index contributed by atoms with van der Waals surface area (Å²) in [5.41, 5.74) is 0. The molecular weight excluding hydrogens is 347 g/mol. The summed E-state index contributed by atoms with van der Waals surface area (Å²) in [6, 6.07) is 0. The molecular formula is C11H25IN4O2. The number of hydrogen-bond acceptors (Lipinski definition) is 3. The van der Waals surface area contributed by atoms with Crippen LogP contribution in [0.1, 0.15) is 12.8 Å². The second-order valence-corrected chi connectivity index (χ2v) is 3.81. The number of ether oxygens (including phenoxy) is 1. The van der Waals surface area contributed by atoms with Gasteiger partial charge in [0.25, 0.3) is 0 Å². The molecule has 0 saturated heterocycles. The minimum absolute atomic E-state index is 0. The average molecular weight is 372 g/mol. The fraction of sp³-hybridized carbons (Fsp3) is 0.818. The van der Waals surface area contributed by atoms with E-state index in [2.05, 4.69) is 15.6 Å². The van der Waals surface area contributed by atoms with Gasteiger partial charge in [0, 0.05) is 54.4 Å². The monoisotopic (exact) mass is 372 g/mol. The number of rotatable bonds is 7. The van der Waals surface area contributed by atoms with E-state index < -0.39 is 0 Å². The predicted molar refractivity (Wildman–Crippen MR) is 84.6 cm³/mol. The van der Waals surface area contributed by atoms with Crippen molar-refractivity contribution < 1.29 is 9.53 Å². The van der Waals surface area contributed by atoms with Gasteiger partial charge in [0.1, 0.15) is 0 Å². The Hall–Kier alpha value is -0.570. The van der Waals surface area contributed by atoms with Crippen LogP contribution in [-0.2, 0) is 9.53 Å². The maximum Gasteiger partial charge on any atom is 0.223 e. The van der Waals surface area contributed by atoms with Gasteiger partial charge in [-0.25, -0.2) is 0 Å². The summed E-state index contributed by atoms with van der Waals surface area (Å²) in [5.74, 6) is 0.819. The Bertz CT molecular complexity index is 247. The summed E-state index contributed by atoms with van der Waals surface area (Å²) >= 11 is 0. The third-order valence-corrected chi connectivity index (χ3v) is 2.17. The van der Waals surface area contributed by atoms with Gasteiger partial charge >= 0.3 is 0 Å². The summed E-state index contributed by atoms with van der Waals surface area (Å²) in [4.78, 5) is 17.0. The van der Waals surface area contributed by atoms with Crippen molar-refractivity contribution in [1.82, 2.24) is 15.5 Å². The SMILES string of the molecule is CN=C(NCCCOC)NCCC(=O)N(C)C.I. The lowest BCUT2D eigenvalue weighted by Gasteiger charge is -2.13. The van der Waals surface area contributed by atoms with Gasteiger partial charge < -0.3 is 20.3 Å². The number of methoxy groups -OCH3 is 1. The van der Waals surface area contributed by atoms with E-state index in [9.17, 15) is 4.79 Å². The van der Waals surface area contributed by atoms with Crippen LogP contribution >= 0.6 is 24.0 Å². The topological polar surface area (TPSA) is 66.0 Å². The number of amides is 1. The van der Waals surface area contributed by atoms with Gasteiger partial charge in [-0.2, -0.15) is 0 Å². The zero-order valence-corrected chi connectivity index (χ0v) is 14.0. The Morgan fingerprint density at radius 3 is 2.39 bits per heavy atom. The fourth-order valence-corrected chi connectivity index (χ4v) is 1.16. The van der Waals surface area contributed by atoms with Gasteiger partial charge in [-0.3, -0.25) is 9.79 Å². The number of carbonyl (C=O) groups excluding carboxylic acids is 1. The van der Waals surface area contributed by atoms with Crippen molar-refractivity contribution >= 4 is 35.8 Å². The lowest BCUT2D eigenvalue weighted by atomic mass is 10.4. The Labute approximate surface area is 127 Å². The number of nitrogens with one attached hydrogen (secondary N) is 2. The van der Waals surface area contributed by atoms with E-state index in [-0.39, 0.29) is 29.9 Å². The molecule has 0 saturated carbocycles. The van der Waals surface area contributed by atoms with Crippen LogP contribution < -0.4 is 10.6 Å². The summed E-state index contributed by atoms with van der Waals surface area (Å²) in [6.07, 6.45) is 1.39. The summed E-state index contributed by atoms with van der Waals surface area (Å²) < 4.78 is 4.95. The Balaban J connectivity index is 0. The zero-order chi connectivity index (χ0) is 13.1. The third kappa shape index (κ3) is 10.6. The van der Waals surface area contributed by atoms with Gasteiger partial charge in [-0.15, -0.1) is 24.0 Å². The number of hydrogen-bond donors (Lipinski definition) is 2. The van der Waals surface area contributed by atoms with E-state index in [1.807, 2.05) is 0 Å². The van der Waals surface area contributed by atoms with Crippen molar-refractivity contribution in [3.8, 4) is 0 Å². The summed E-state index contributed by atoms with van der Waals surface area (Å²) in [5, 5.41) is 6.22. The van der Waals surface area contributed by atoms with Crippen LogP contribution in [0, 0.1) is 0 Å². The van der Waals surface area contributed by atoms with E-state index in [0.717, 1.165) is 19.6 Å². The molecule has 0 heterocycles. The van der Waals surface area contributed by atoms with Gasteiger partial charge in [0.15, 0.2) is 5.96 Å². The molecule has 0 bridgehead atoms. The minimum atomic E-state index is 0. The van der Waals surface area contributed by atoms with Crippen molar-refractivity contribution in [2.75, 3.05) is 47.9 Å². The van der Waals surface area contributed by atoms with Crippen molar-refractivity contribution in [1.29, 1.82) is 0 Å². The van der Waals surface area contributed by atoms with Crippen molar-refractivity contribution in [3.63, 3.8) is 0 Å². The molecule has 108 valence electrons. The molecule has 6 nitrogen and oxygen atoms in total. The standard InChI is InChI=1S/C11H24N4O2.HI/c1-12-11(13-7-5-9-17-4)14-8-6-10(16)15(2)3;/h5-9H2,1-4H3,(H2,12,13,14);1H. The largest absolute Gasteiger partial charge is 0.385 e. The summed E-state index contributed by atoms with van der Waals surface area (Å²) in [7, 11) is 6.89. The van der Waals surface area contributed by atoms with Crippen LogP contribution in [0.2, 0.25) is 0 Å². The van der Waals surface area contributed by atoms with Crippen LogP contribution in [-0.4, -0.2) is 64.7 Å². The predicted octanol–water partition coefficient (Wildman–Crippen LogP) is 0.284. The first-order valence-corrected chi connectivity index (χ1v) is 5.75. The average Bonchev–Trinajstić information content (AvgIpc) is 2.31. The highest BCUT2D eigenvalue weighted by atomic mass is 127. The fourth-order valence-electron chi connectivity index (χ4n) is 1.16. The first-order valence-electron chi connectivity index (χ1n) is 5.75. The molecule has 18 heavy (non-hydrogen) atoms. The third-order valence-electron chi connectivity index (χ3n) is 2.17. The van der Waals surface area contributed by atoms with Gasteiger partial charge in [-0.05, 0) is 6.42 Å². The Morgan fingerprint density at radius 2 is 1.89 bits per heavy atom. The molecule has 0 aromatic heterocycles. The van der Waals surface area contributed by atoms with Crippen molar-refractivity contribution in [2.45, 2.75) is 12.8 Å². The van der Waals surface area contributed by atoms with Crippen LogP contribution in [0.5, 0.6) is 0 Å². The molecule has 0 rings (SSSR count). The molecule has 0 unspecified atom stereocenters. The molecule has 0 aliphatic heterocycles. The lowest BCUT2D eigenvalue weighted by Crippen LogP contribution is -2.39. The second-order valence-electron chi connectivity index (χ2n) is 3.81. The number of guanidine groups is 1. The van der Waals surface area contributed by atoms with E-state index >= 15 is 0 Å². The zero-order valence-electron chi connectivity index (χ0n) is 11.7. The van der Waals surface area contributed by atoms with E-state index in [0.29, 0.717) is 18.9 Å². The molecule has 1 amide bonds. The maximum atomic E-state index is 11.3. The van der Waals surface area contributed by atoms with Gasteiger partial charge in [0.05, 0.1) is 0 Å². The molecule has 0 aromatic rings. The normalized spacial score (nSPS) is 10.6. The number of halogens is 1. The molecule has 0 aliphatic carbocycles. The van der Waals surface area contributed by atoms with Crippen molar-refractivity contribution in [2.24, 2.45) is 4.99 Å². The molecule has 7 heteroatoms. The van der Waals surface area contributed by atoms with Crippen LogP contribution in [0.25, 0.3) is 0 Å². The molecule has 0 aliphatic rings. The quantitative estimate of drug-likeness (QED) is 0.292. The van der Waals surface area contributed by atoms with E-state index in [1.54, 1.807) is 33.2 Å². The van der Waals surface area contributed by atoms with Crippen LogP contribution in [0.3, 0.4) is 0 Å². The minimum Gasteiger partial charge on any atom is -0.385 e. The molecule has 0 spiro atoms. The maximum absolute atomic E-state index is 11.3. The number of aliphatic imine (C=N–C) groups is 1. The molecule has 0 aromatic carbocycles. The van der Waals surface area contributed by atoms with Crippen LogP contribution in [0.4, 0.5) is 0 Å². The van der Waals surface area contributed by atoms with Gasteiger partial charge in [-0.1, -0.05) is 0 Å². The van der Waals surface area contributed by atoms with Crippen LogP contribution in [0.15, 0.2) is 4.99 Å². The highest BCUT2D eigenvalue weighted by molar-refractivity contribution is 14.0. The molecule has 0 radical (unpaired) electrons. The Morgan fingerprint density at radius 1 is 1.28 bits per heavy atom. The number of nitrogens with zero attached hydrogens (tertiary/aromatic N) is 2. The highest BCUT2D eigenvalue weighted by Crippen LogP contribution is 1.85. The Kier molecular flexibility index (Phi) is 14.1. The molecule has 0 fully saturated rings.